The van der Waals surface area contributed by atoms with Crippen LogP contribution in [-0.4, -0.2) is 16.6 Å². The van der Waals surface area contributed by atoms with Gasteiger partial charge in [0.05, 0.1) is 0 Å². The second kappa shape index (κ2) is 8.87. The van der Waals surface area contributed by atoms with E-state index in [-0.39, 0.29) is 5.91 Å². The Hall–Kier alpha value is -2.53. The lowest BCUT2D eigenvalue weighted by atomic mass is 9.99. The van der Waals surface area contributed by atoms with Gasteiger partial charge in [0, 0.05) is 21.3 Å². The summed E-state index contributed by atoms with van der Waals surface area (Å²) in [6, 6.07) is 20.9. The number of nitrogens with one attached hydrogen (secondary N) is 1. The highest BCUT2D eigenvalue weighted by atomic mass is 35.5. The summed E-state index contributed by atoms with van der Waals surface area (Å²) in [6.45, 7) is 3.33. The molecular weight excluding hydrogens is 409 g/mol. The van der Waals surface area contributed by atoms with Crippen molar-refractivity contribution in [3.05, 3.63) is 94.0 Å². The number of rotatable bonds is 6. The van der Waals surface area contributed by atoms with Crippen molar-refractivity contribution in [2.45, 2.75) is 25.6 Å². The summed E-state index contributed by atoms with van der Waals surface area (Å²) in [4.78, 5) is 12.9. The van der Waals surface area contributed by atoms with Crippen LogP contribution in [0.4, 0.5) is 5.69 Å². The van der Waals surface area contributed by atoms with Crippen molar-refractivity contribution in [1.29, 1.82) is 0 Å². The molecule has 0 heterocycles. The Bertz CT molecular complexity index is 989. The van der Waals surface area contributed by atoms with E-state index in [9.17, 15) is 9.90 Å². The number of amides is 1. The highest BCUT2D eigenvalue weighted by Crippen LogP contribution is 2.32. The molecule has 1 unspecified atom stereocenters. The molecule has 0 aliphatic carbocycles. The third kappa shape index (κ3) is 5.30. The van der Waals surface area contributed by atoms with Gasteiger partial charge in [-0.15, -0.1) is 0 Å². The Balaban J connectivity index is 1.83. The predicted octanol–water partition coefficient (Wildman–Crippen LogP) is 5.87. The smallest absolute Gasteiger partial charge is 0.267 e. The summed E-state index contributed by atoms with van der Waals surface area (Å²) in [5.41, 5.74) is 0.493. The second-order valence-electron chi connectivity index (χ2n) is 7.07. The molecule has 0 fully saturated rings. The predicted molar refractivity (Wildman–Crippen MR) is 117 cm³/mol. The van der Waals surface area contributed by atoms with Crippen LogP contribution in [0.5, 0.6) is 5.75 Å². The number of carbonyl (C=O) groups excluding carboxylic acids is 1. The molecule has 0 spiro atoms. The molecule has 0 aromatic heterocycles. The molecule has 1 atom stereocenters. The summed E-state index contributed by atoms with van der Waals surface area (Å²) in [7, 11) is 0. The normalized spacial score (nSPS) is 12.3. The number of aliphatic hydroxyl groups is 1. The van der Waals surface area contributed by atoms with Crippen molar-refractivity contribution in [2.24, 2.45) is 0 Å². The lowest BCUT2D eigenvalue weighted by Gasteiger charge is -2.26. The zero-order valence-corrected chi connectivity index (χ0v) is 17.5. The molecule has 1 amide bonds. The van der Waals surface area contributed by atoms with E-state index < -0.39 is 11.7 Å². The largest absolute Gasteiger partial charge is 0.478 e. The number of aliphatic hydroxyl groups excluding tert-OH is 1. The molecule has 150 valence electrons. The fraction of sp³-hybridized carbons (Fsp3) is 0.174. The number of ether oxygens (including phenoxy) is 1. The fourth-order valence-corrected chi connectivity index (χ4v) is 3.11. The van der Waals surface area contributed by atoms with Crippen LogP contribution in [0.1, 0.15) is 31.1 Å². The lowest BCUT2D eigenvalue weighted by Crippen LogP contribution is -2.42. The van der Waals surface area contributed by atoms with Gasteiger partial charge in [-0.05, 0) is 61.9 Å². The van der Waals surface area contributed by atoms with Crippen molar-refractivity contribution < 1.29 is 14.6 Å². The van der Waals surface area contributed by atoms with Gasteiger partial charge in [-0.3, -0.25) is 4.79 Å². The van der Waals surface area contributed by atoms with Gasteiger partial charge >= 0.3 is 0 Å². The Labute approximate surface area is 180 Å². The molecule has 0 saturated carbocycles. The highest BCUT2D eigenvalue weighted by Gasteiger charge is 2.31. The number of anilines is 1. The standard InChI is InChI=1S/C23H21Cl2NO3/c1-23(2,29-18-11-8-16(24)9-12-18)22(28)26-20-13-10-17(25)14-19(20)21(27)15-6-4-3-5-7-15/h3-14,21,27H,1-2H3,(H,26,28). The minimum atomic E-state index is -1.16. The van der Waals surface area contributed by atoms with Crippen LogP contribution in [-0.2, 0) is 4.79 Å². The van der Waals surface area contributed by atoms with Crippen LogP contribution in [0.25, 0.3) is 0 Å². The van der Waals surface area contributed by atoms with E-state index in [0.29, 0.717) is 32.6 Å². The molecule has 0 radical (unpaired) electrons. The maximum absolute atomic E-state index is 12.9. The molecule has 29 heavy (non-hydrogen) atoms. The van der Waals surface area contributed by atoms with Crippen molar-refractivity contribution in [2.75, 3.05) is 5.32 Å². The first-order valence-electron chi connectivity index (χ1n) is 9.05. The van der Waals surface area contributed by atoms with Gasteiger partial charge in [0.25, 0.3) is 5.91 Å². The fourth-order valence-electron chi connectivity index (χ4n) is 2.80. The van der Waals surface area contributed by atoms with Gasteiger partial charge in [0.1, 0.15) is 11.9 Å². The third-order valence-corrected chi connectivity index (χ3v) is 4.89. The average molecular weight is 430 g/mol. The molecule has 0 aliphatic heterocycles. The summed E-state index contributed by atoms with van der Waals surface area (Å²) < 4.78 is 5.84. The first-order chi connectivity index (χ1) is 13.8. The molecule has 3 aromatic carbocycles. The summed E-state index contributed by atoms with van der Waals surface area (Å²) in [5.74, 6) is 0.159. The quantitative estimate of drug-likeness (QED) is 0.514. The molecule has 3 aromatic rings. The van der Waals surface area contributed by atoms with Gasteiger partial charge in [0.2, 0.25) is 0 Å². The van der Waals surface area contributed by atoms with Gasteiger partial charge in [0.15, 0.2) is 5.60 Å². The van der Waals surface area contributed by atoms with Gasteiger partial charge in [-0.2, -0.15) is 0 Å². The van der Waals surface area contributed by atoms with Crippen molar-refractivity contribution in [1.82, 2.24) is 0 Å². The van der Waals surface area contributed by atoms with Crippen molar-refractivity contribution in [3.63, 3.8) is 0 Å². The number of hydrogen-bond acceptors (Lipinski definition) is 3. The van der Waals surface area contributed by atoms with E-state index >= 15 is 0 Å². The molecule has 3 rings (SSSR count). The Morgan fingerprint density at radius 3 is 2.24 bits per heavy atom. The van der Waals surface area contributed by atoms with Crippen molar-refractivity contribution in [3.8, 4) is 5.75 Å². The second-order valence-corrected chi connectivity index (χ2v) is 7.94. The van der Waals surface area contributed by atoms with E-state index in [1.54, 1.807) is 56.3 Å². The van der Waals surface area contributed by atoms with E-state index in [1.807, 2.05) is 30.3 Å². The minimum absolute atomic E-state index is 0.365. The first kappa shape index (κ1) is 21.2. The maximum Gasteiger partial charge on any atom is 0.267 e. The molecule has 0 bridgehead atoms. The zero-order valence-electron chi connectivity index (χ0n) is 16.0. The van der Waals surface area contributed by atoms with Crippen LogP contribution in [0, 0.1) is 0 Å². The van der Waals surface area contributed by atoms with Crippen LogP contribution in [0.3, 0.4) is 0 Å². The number of halogens is 2. The summed E-state index contributed by atoms with van der Waals surface area (Å²) >= 11 is 12.0. The highest BCUT2D eigenvalue weighted by molar-refractivity contribution is 6.31. The third-order valence-electron chi connectivity index (χ3n) is 4.41. The average Bonchev–Trinajstić information content (AvgIpc) is 2.71. The zero-order chi connectivity index (χ0) is 21.0. The SMILES string of the molecule is CC(C)(Oc1ccc(Cl)cc1)C(=O)Nc1ccc(Cl)cc1C(O)c1ccccc1. The van der Waals surface area contributed by atoms with Crippen LogP contribution in [0.15, 0.2) is 72.8 Å². The lowest BCUT2D eigenvalue weighted by molar-refractivity contribution is -0.128. The van der Waals surface area contributed by atoms with Gasteiger partial charge < -0.3 is 15.2 Å². The van der Waals surface area contributed by atoms with E-state index in [1.165, 1.54) is 0 Å². The molecule has 2 N–H and O–H groups in total. The molecule has 0 aliphatic rings. The summed E-state index contributed by atoms with van der Waals surface area (Å²) in [6.07, 6.45) is -0.939. The Kier molecular flexibility index (Phi) is 6.48. The van der Waals surface area contributed by atoms with Crippen LogP contribution < -0.4 is 10.1 Å². The van der Waals surface area contributed by atoms with E-state index in [0.717, 1.165) is 0 Å². The topological polar surface area (TPSA) is 58.6 Å². The molecular formula is C23H21Cl2NO3. The first-order valence-corrected chi connectivity index (χ1v) is 9.80. The Morgan fingerprint density at radius 2 is 1.59 bits per heavy atom. The van der Waals surface area contributed by atoms with Crippen molar-refractivity contribution >= 4 is 34.8 Å². The Morgan fingerprint density at radius 1 is 0.966 bits per heavy atom. The number of benzene rings is 3. The number of hydrogen-bond donors (Lipinski definition) is 2. The van der Waals surface area contributed by atoms with Crippen LogP contribution in [0.2, 0.25) is 10.0 Å². The van der Waals surface area contributed by atoms with Gasteiger partial charge in [-0.25, -0.2) is 0 Å². The van der Waals surface area contributed by atoms with E-state index in [4.69, 9.17) is 27.9 Å². The van der Waals surface area contributed by atoms with E-state index in [2.05, 4.69) is 5.32 Å². The van der Waals surface area contributed by atoms with Gasteiger partial charge in [-0.1, -0.05) is 53.5 Å². The molecule has 6 heteroatoms. The van der Waals surface area contributed by atoms with Crippen LogP contribution >= 0.6 is 23.2 Å². The maximum atomic E-state index is 12.9. The molecule has 4 nitrogen and oxygen atoms in total. The summed E-state index contributed by atoms with van der Waals surface area (Å²) in [5, 5.41) is 14.7. The monoisotopic (exact) mass is 429 g/mol. The minimum Gasteiger partial charge on any atom is -0.478 e. The molecule has 0 saturated heterocycles. The number of carbonyl (C=O) groups is 1.